The van der Waals surface area contributed by atoms with E-state index in [1.54, 1.807) is 0 Å². The average Bonchev–Trinajstić information content (AvgIpc) is 2.72. The van der Waals surface area contributed by atoms with Crippen LogP contribution in [0.2, 0.25) is 0 Å². The summed E-state index contributed by atoms with van der Waals surface area (Å²) in [6.45, 7) is 1.95. The van der Waals surface area contributed by atoms with Gasteiger partial charge in [0.25, 0.3) is 0 Å². The lowest BCUT2D eigenvalue weighted by Crippen LogP contribution is -1.89. The highest BCUT2D eigenvalue weighted by molar-refractivity contribution is 9.10. The van der Waals surface area contributed by atoms with Crippen molar-refractivity contribution in [1.29, 1.82) is 0 Å². The molecule has 0 aliphatic rings. The first kappa shape index (κ1) is 10.5. The fourth-order valence-corrected chi connectivity index (χ4v) is 2.08. The number of aryl methyl sites for hydroxylation is 1. The second-order valence-electron chi connectivity index (χ2n) is 3.90. The Bertz CT molecular complexity index is 671. The number of aromatic nitrogens is 3. The molecule has 0 radical (unpaired) electrons. The van der Waals surface area contributed by atoms with E-state index in [1.807, 2.05) is 29.5 Å². The van der Waals surface area contributed by atoms with Gasteiger partial charge in [-0.05, 0) is 42.3 Å². The van der Waals surface area contributed by atoms with E-state index in [0.717, 1.165) is 21.5 Å². The largest absolute Gasteiger partial charge is 0.286 e. The van der Waals surface area contributed by atoms with Crippen molar-refractivity contribution in [1.82, 2.24) is 14.6 Å². The molecule has 0 fully saturated rings. The van der Waals surface area contributed by atoms with Crippen molar-refractivity contribution in [2.24, 2.45) is 0 Å². The number of hydrogen-bond donors (Lipinski definition) is 0. The van der Waals surface area contributed by atoms with Gasteiger partial charge < -0.3 is 0 Å². The van der Waals surface area contributed by atoms with Crippen LogP contribution in [0.4, 0.5) is 0 Å². The molecule has 0 aliphatic carbocycles. The maximum atomic E-state index is 4.07. The van der Waals surface area contributed by atoms with Gasteiger partial charge >= 0.3 is 0 Å². The minimum atomic E-state index is 0.878. The highest BCUT2D eigenvalue weighted by Crippen LogP contribution is 2.22. The maximum absolute atomic E-state index is 4.07. The van der Waals surface area contributed by atoms with Gasteiger partial charge in [-0.25, -0.2) is 0 Å². The van der Waals surface area contributed by atoms with Crippen LogP contribution in [0.15, 0.2) is 47.1 Å². The molecule has 2 aromatic heterocycles. The molecule has 0 aliphatic heterocycles. The molecule has 1 aromatic carbocycles. The summed E-state index contributed by atoms with van der Waals surface area (Å²) in [5.74, 6) is 0.902. The van der Waals surface area contributed by atoms with Gasteiger partial charge in [0.05, 0.1) is 0 Å². The first-order valence-electron chi connectivity index (χ1n) is 5.31. The van der Waals surface area contributed by atoms with E-state index >= 15 is 0 Å². The number of nitrogens with zero attached hydrogens (tertiary/aromatic N) is 3. The van der Waals surface area contributed by atoms with Gasteiger partial charge in [0, 0.05) is 10.7 Å². The highest BCUT2D eigenvalue weighted by atomic mass is 79.9. The van der Waals surface area contributed by atoms with Crippen LogP contribution in [0.25, 0.3) is 16.8 Å². The summed E-state index contributed by atoms with van der Waals surface area (Å²) in [6.07, 6.45) is 2.06. The van der Waals surface area contributed by atoms with Crippen molar-refractivity contribution in [2.45, 2.75) is 6.92 Å². The van der Waals surface area contributed by atoms with Crippen LogP contribution in [-0.4, -0.2) is 14.6 Å². The minimum absolute atomic E-state index is 0.878. The Morgan fingerprint density at radius 2 is 1.65 bits per heavy atom. The Morgan fingerprint density at radius 3 is 2.41 bits per heavy atom. The second-order valence-corrected chi connectivity index (χ2v) is 4.82. The number of pyridine rings is 1. The average molecular weight is 288 g/mol. The molecule has 0 N–H and O–H groups in total. The Hall–Kier alpha value is -1.68. The van der Waals surface area contributed by atoms with Crippen molar-refractivity contribution in [3.63, 3.8) is 0 Å². The Kier molecular flexibility index (Phi) is 2.44. The van der Waals surface area contributed by atoms with Crippen molar-refractivity contribution < 1.29 is 0 Å². The van der Waals surface area contributed by atoms with E-state index in [9.17, 15) is 0 Å². The molecule has 3 nitrogen and oxygen atoms in total. The second kappa shape index (κ2) is 3.96. The minimum Gasteiger partial charge on any atom is -0.286 e. The predicted octanol–water partition coefficient (Wildman–Crippen LogP) is 3.47. The molecule has 0 saturated heterocycles. The summed E-state index contributed by atoms with van der Waals surface area (Å²) in [7, 11) is 0. The smallest absolute Gasteiger partial charge is 0.160 e. The monoisotopic (exact) mass is 287 g/mol. The lowest BCUT2D eigenvalue weighted by Gasteiger charge is -2.03. The molecule has 3 aromatic rings. The van der Waals surface area contributed by atoms with Crippen LogP contribution < -0.4 is 0 Å². The third kappa shape index (κ3) is 1.85. The molecule has 0 bridgehead atoms. The van der Waals surface area contributed by atoms with E-state index in [1.165, 1.54) is 5.56 Å². The third-order valence-electron chi connectivity index (χ3n) is 2.75. The van der Waals surface area contributed by atoms with E-state index in [0.29, 0.717) is 0 Å². The van der Waals surface area contributed by atoms with Gasteiger partial charge in [-0.15, -0.1) is 10.2 Å². The Labute approximate surface area is 107 Å². The molecular formula is C13H10BrN3. The molecule has 3 rings (SSSR count). The predicted molar refractivity (Wildman–Crippen MR) is 70.9 cm³/mol. The van der Waals surface area contributed by atoms with Gasteiger partial charge in [0.1, 0.15) is 5.82 Å². The molecule has 4 heteroatoms. The van der Waals surface area contributed by atoms with E-state index in [2.05, 4.69) is 50.5 Å². The standard InChI is InChI=1S/C13H10BrN3/c1-9-15-16-13-7-4-11(8-17(9)13)10-2-5-12(14)6-3-10/h2-8H,1H3. The Morgan fingerprint density at radius 1 is 0.941 bits per heavy atom. The summed E-state index contributed by atoms with van der Waals surface area (Å²) < 4.78 is 3.08. The van der Waals surface area contributed by atoms with Crippen LogP contribution in [0.3, 0.4) is 0 Å². The van der Waals surface area contributed by atoms with Crippen molar-refractivity contribution >= 4 is 21.6 Å². The zero-order chi connectivity index (χ0) is 11.8. The first-order chi connectivity index (χ1) is 8.24. The lowest BCUT2D eigenvalue weighted by atomic mass is 10.1. The molecule has 0 atom stereocenters. The topological polar surface area (TPSA) is 30.2 Å². The normalized spacial score (nSPS) is 10.9. The third-order valence-corrected chi connectivity index (χ3v) is 3.28. The number of fused-ring (bicyclic) bond motifs is 1. The van der Waals surface area contributed by atoms with E-state index in [-0.39, 0.29) is 0 Å². The molecule has 0 saturated carbocycles. The van der Waals surface area contributed by atoms with Crippen LogP contribution >= 0.6 is 15.9 Å². The summed E-state index contributed by atoms with van der Waals surface area (Å²) in [4.78, 5) is 0. The van der Waals surface area contributed by atoms with Gasteiger partial charge in [0.15, 0.2) is 5.65 Å². The maximum Gasteiger partial charge on any atom is 0.160 e. The van der Waals surface area contributed by atoms with E-state index in [4.69, 9.17) is 0 Å². The number of benzene rings is 1. The molecule has 0 unspecified atom stereocenters. The van der Waals surface area contributed by atoms with Crippen molar-refractivity contribution in [3.05, 3.63) is 52.9 Å². The van der Waals surface area contributed by atoms with Crippen LogP contribution in [0, 0.1) is 6.92 Å². The molecule has 2 heterocycles. The quantitative estimate of drug-likeness (QED) is 0.686. The molecule has 17 heavy (non-hydrogen) atoms. The SMILES string of the molecule is Cc1nnc2ccc(-c3ccc(Br)cc3)cn12. The fraction of sp³-hybridized carbons (Fsp3) is 0.0769. The number of halogens is 1. The van der Waals surface area contributed by atoms with Gasteiger partial charge in [-0.3, -0.25) is 4.40 Å². The number of rotatable bonds is 1. The van der Waals surface area contributed by atoms with Gasteiger partial charge in [-0.2, -0.15) is 0 Å². The molecule has 0 amide bonds. The van der Waals surface area contributed by atoms with Crippen LogP contribution in [0.5, 0.6) is 0 Å². The fourth-order valence-electron chi connectivity index (χ4n) is 1.82. The molecular weight excluding hydrogens is 278 g/mol. The van der Waals surface area contributed by atoms with Gasteiger partial charge in [0.2, 0.25) is 0 Å². The number of hydrogen-bond acceptors (Lipinski definition) is 2. The zero-order valence-electron chi connectivity index (χ0n) is 9.26. The van der Waals surface area contributed by atoms with Crippen molar-refractivity contribution in [3.8, 4) is 11.1 Å². The molecule has 0 spiro atoms. The van der Waals surface area contributed by atoms with Crippen molar-refractivity contribution in [2.75, 3.05) is 0 Å². The van der Waals surface area contributed by atoms with E-state index < -0.39 is 0 Å². The highest BCUT2D eigenvalue weighted by Gasteiger charge is 2.03. The summed E-state index contributed by atoms with van der Waals surface area (Å²) >= 11 is 3.44. The van der Waals surface area contributed by atoms with Crippen LogP contribution in [-0.2, 0) is 0 Å². The Balaban J connectivity index is 2.17. The van der Waals surface area contributed by atoms with Crippen LogP contribution in [0.1, 0.15) is 5.82 Å². The van der Waals surface area contributed by atoms with Gasteiger partial charge in [-0.1, -0.05) is 28.1 Å². The lowest BCUT2D eigenvalue weighted by molar-refractivity contribution is 1.01. The summed E-state index contributed by atoms with van der Waals surface area (Å²) in [6, 6.07) is 12.3. The zero-order valence-corrected chi connectivity index (χ0v) is 10.8. The first-order valence-corrected chi connectivity index (χ1v) is 6.11. The molecule has 84 valence electrons. The summed E-state index contributed by atoms with van der Waals surface area (Å²) in [5.41, 5.74) is 3.22. The summed E-state index contributed by atoms with van der Waals surface area (Å²) in [5, 5.41) is 8.12.